The maximum Gasteiger partial charge on any atom is 0.0543 e. The van der Waals surface area contributed by atoms with Gasteiger partial charge in [-0.1, -0.05) is 0 Å². The molecule has 1 aliphatic rings. The van der Waals surface area contributed by atoms with Gasteiger partial charge in [0.15, 0.2) is 0 Å². The molecular formula is C13H24N3OY-. The van der Waals surface area contributed by atoms with Crippen molar-refractivity contribution in [3.05, 3.63) is 6.42 Å². The van der Waals surface area contributed by atoms with E-state index in [9.17, 15) is 0 Å². The molecule has 0 aromatic carbocycles. The molecule has 4 nitrogen and oxygen atoms in total. The van der Waals surface area contributed by atoms with Crippen molar-refractivity contribution in [3.63, 3.8) is 0 Å². The first kappa shape index (κ1) is 18.5. The summed E-state index contributed by atoms with van der Waals surface area (Å²) in [6, 6.07) is 0.552. The van der Waals surface area contributed by atoms with Crippen LogP contribution < -0.4 is 11.5 Å². The molecular weight excluding hydrogens is 303 g/mol. The molecule has 1 fully saturated rings. The maximum absolute atomic E-state index is 6.74. The topological polar surface area (TPSA) is 64.5 Å². The minimum atomic E-state index is 0. The molecule has 101 valence electrons. The summed E-state index contributed by atoms with van der Waals surface area (Å²) in [6.07, 6.45) is 10.3. The van der Waals surface area contributed by atoms with Gasteiger partial charge in [-0.05, 0) is 38.8 Å². The number of nitrogens with two attached hydrogens (primary N) is 2. The largest absolute Gasteiger partial charge is 0.694 e. The Balaban J connectivity index is 0.00000289. The molecule has 0 amide bonds. The first-order chi connectivity index (χ1) is 8.22. The summed E-state index contributed by atoms with van der Waals surface area (Å²) in [5, 5.41) is 0. The van der Waals surface area contributed by atoms with E-state index in [4.69, 9.17) is 22.6 Å². The zero-order valence-corrected chi connectivity index (χ0v) is 13.9. The van der Waals surface area contributed by atoms with Gasteiger partial charge in [0.05, 0.1) is 6.61 Å². The van der Waals surface area contributed by atoms with E-state index >= 15 is 0 Å². The van der Waals surface area contributed by atoms with E-state index in [1.165, 1.54) is 0 Å². The van der Waals surface area contributed by atoms with Crippen LogP contribution in [0.15, 0.2) is 0 Å². The van der Waals surface area contributed by atoms with E-state index in [1.807, 2.05) is 0 Å². The number of likely N-dealkylation sites (tertiary alicyclic amines) is 1. The predicted octanol–water partition coefficient (Wildman–Crippen LogP) is 0.121. The van der Waals surface area contributed by atoms with Gasteiger partial charge in [-0.25, -0.2) is 0 Å². The molecule has 0 saturated carbocycles. The Bertz CT molecular complexity index is 237. The third-order valence-corrected chi connectivity index (χ3v) is 3.13. The molecule has 1 aliphatic heterocycles. The van der Waals surface area contributed by atoms with Crippen LogP contribution in [0, 0.1) is 12.3 Å². The van der Waals surface area contributed by atoms with Crippen LogP contribution in [-0.2, 0) is 37.4 Å². The standard InChI is InChI=1S/C13H24N3O.Y/c1-2-3-9-17-10-6-13(15)11-16-7-4-12(14)5-8-16;/h12-13H,3-11,14-15H2;/q-1;. The second kappa shape index (κ2) is 11.3. The second-order valence-corrected chi connectivity index (χ2v) is 4.73. The van der Waals surface area contributed by atoms with Crippen LogP contribution in [0.5, 0.6) is 0 Å². The van der Waals surface area contributed by atoms with Crippen molar-refractivity contribution in [2.24, 2.45) is 11.5 Å². The summed E-state index contributed by atoms with van der Waals surface area (Å²) in [5.74, 6) is 2.30. The predicted molar refractivity (Wildman–Crippen MR) is 68.8 cm³/mol. The van der Waals surface area contributed by atoms with Crippen LogP contribution in [0.25, 0.3) is 0 Å². The van der Waals surface area contributed by atoms with Gasteiger partial charge < -0.3 is 33.4 Å². The van der Waals surface area contributed by atoms with E-state index in [0.717, 1.165) is 38.9 Å². The van der Waals surface area contributed by atoms with E-state index in [0.29, 0.717) is 25.7 Å². The fraction of sp³-hybridized carbons (Fsp3) is 0.846. The molecule has 1 unspecified atom stereocenters. The number of piperidine rings is 1. The fourth-order valence-corrected chi connectivity index (χ4v) is 2.02. The first-order valence-corrected chi connectivity index (χ1v) is 6.43. The van der Waals surface area contributed by atoms with Gasteiger partial charge in [-0.2, -0.15) is 0 Å². The van der Waals surface area contributed by atoms with Crippen molar-refractivity contribution in [2.45, 2.75) is 37.8 Å². The summed E-state index contributed by atoms with van der Waals surface area (Å²) in [5.41, 5.74) is 11.9. The number of ether oxygens (including phenoxy) is 1. The Hall–Kier alpha value is 0.504. The molecule has 0 bridgehead atoms. The Morgan fingerprint density at radius 3 is 2.61 bits per heavy atom. The summed E-state index contributed by atoms with van der Waals surface area (Å²) >= 11 is 0. The fourth-order valence-electron chi connectivity index (χ4n) is 2.02. The Morgan fingerprint density at radius 2 is 2.00 bits per heavy atom. The molecule has 1 heterocycles. The van der Waals surface area contributed by atoms with Gasteiger partial charge in [0.1, 0.15) is 0 Å². The summed E-state index contributed by atoms with van der Waals surface area (Å²) < 4.78 is 5.35. The maximum atomic E-state index is 6.74. The van der Waals surface area contributed by atoms with Crippen LogP contribution >= 0.6 is 0 Å². The minimum absolute atomic E-state index is 0. The second-order valence-electron chi connectivity index (χ2n) is 4.73. The van der Waals surface area contributed by atoms with Gasteiger partial charge in [-0.15, -0.1) is 0 Å². The molecule has 0 aromatic rings. The normalized spacial score (nSPS) is 18.9. The van der Waals surface area contributed by atoms with Crippen molar-refractivity contribution < 1.29 is 37.4 Å². The van der Waals surface area contributed by atoms with Crippen molar-refractivity contribution >= 4 is 0 Å². The zero-order chi connectivity index (χ0) is 12.5. The molecule has 0 spiro atoms. The van der Waals surface area contributed by atoms with Gasteiger partial charge >= 0.3 is 0 Å². The van der Waals surface area contributed by atoms with E-state index in [1.54, 1.807) is 0 Å². The molecule has 1 rings (SSSR count). The zero-order valence-electron chi connectivity index (χ0n) is 11.1. The number of hydrogen-bond acceptors (Lipinski definition) is 4. The van der Waals surface area contributed by atoms with E-state index in [2.05, 4.69) is 10.8 Å². The quantitative estimate of drug-likeness (QED) is 0.396. The summed E-state index contributed by atoms with van der Waals surface area (Å²) in [4.78, 5) is 2.39. The van der Waals surface area contributed by atoms with Crippen LogP contribution in [0.1, 0.15) is 25.7 Å². The SMILES string of the molecule is [C-]#CCCOCCC(N)CN1CCC(N)CC1.[Y]. The van der Waals surface area contributed by atoms with Crippen LogP contribution in [0.2, 0.25) is 0 Å². The molecule has 1 saturated heterocycles. The summed E-state index contributed by atoms with van der Waals surface area (Å²) in [7, 11) is 0. The third-order valence-electron chi connectivity index (χ3n) is 3.13. The van der Waals surface area contributed by atoms with Crippen molar-refractivity contribution in [2.75, 3.05) is 32.8 Å². The number of rotatable bonds is 7. The smallest absolute Gasteiger partial charge is 0.0543 e. The molecule has 5 heteroatoms. The Morgan fingerprint density at radius 1 is 1.33 bits per heavy atom. The van der Waals surface area contributed by atoms with E-state index < -0.39 is 0 Å². The van der Waals surface area contributed by atoms with Crippen molar-refractivity contribution in [1.82, 2.24) is 4.90 Å². The molecule has 0 aliphatic carbocycles. The van der Waals surface area contributed by atoms with Gasteiger partial charge in [0, 0.05) is 57.9 Å². The summed E-state index contributed by atoms with van der Waals surface area (Å²) in [6.45, 7) is 4.33. The van der Waals surface area contributed by atoms with Crippen LogP contribution in [0.4, 0.5) is 0 Å². The molecule has 1 radical (unpaired) electrons. The van der Waals surface area contributed by atoms with Crippen LogP contribution in [-0.4, -0.2) is 49.8 Å². The number of nitrogens with zero attached hydrogens (tertiary/aromatic N) is 1. The average molecular weight is 327 g/mol. The number of hydrogen-bond donors (Lipinski definition) is 2. The monoisotopic (exact) mass is 327 g/mol. The Kier molecular flexibility index (Phi) is 11.7. The molecule has 1 atom stereocenters. The van der Waals surface area contributed by atoms with Gasteiger partial charge in [0.2, 0.25) is 0 Å². The van der Waals surface area contributed by atoms with Gasteiger partial charge in [0.25, 0.3) is 0 Å². The molecule has 0 aromatic heterocycles. The molecule has 4 N–H and O–H groups in total. The average Bonchev–Trinajstić information content (AvgIpc) is 2.32. The Labute approximate surface area is 136 Å². The first-order valence-electron chi connectivity index (χ1n) is 6.43. The third kappa shape index (κ3) is 8.58. The van der Waals surface area contributed by atoms with Crippen LogP contribution in [0.3, 0.4) is 0 Å². The van der Waals surface area contributed by atoms with Gasteiger partial charge in [-0.3, -0.25) is 0 Å². The molecule has 18 heavy (non-hydrogen) atoms. The van der Waals surface area contributed by atoms with E-state index in [-0.39, 0.29) is 38.8 Å². The van der Waals surface area contributed by atoms with Crippen molar-refractivity contribution in [1.29, 1.82) is 0 Å². The van der Waals surface area contributed by atoms with Crippen molar-refractivity contribution in [3.8, 4) is 5.92 Å². The minimum Gasteiger partial charge on any atom is -0.694 e.